The molecule has 286 valence electrons. The van der Waals surface area contributed by atoms with Gasteiger partial charge in [0.1, 0.15) is 0 Å². The molecule has 0 aliphatic heterocycles. The molecule has 0 radical (unpaired) electrons. The Morgan fingerprint density at radius 3 is 1.41 bits per heavy atom. The van der Waals surface area contributed by atoms with Gasteiger partial charge in [-0.3, -0.25) is 0 Å². The average Bonchev–Trinajstić information content (AvgIpc) is 4.06. The molecule has 0 saturated carbocycles. The molecule has 13 rings (SSSR count). The van der Waals surface area contributed by atoms with Gasteiger partial charge in [-0.1, -0.05) is 158 Å². The molecule has 61 heavy (non-hydrogen) atoms. The van der Waals surface area contributed by atoms with E-state index < -0.39 is 8.07 Å². The molecule has 5 heteroatoms. The van der Waals surface area contributed by atoms with Gasteiger partial charge in [0.2, 0.25) is 0 Å². The third-order valence-corrected chi connectivity index (χ3v) is 20.1. The van der Waals surface area contributed by atoms with Gasteiger partial charge < -0.3 is 9.13 Å². The largest absolute Gasteiger partial charge is 0.309 e. The van der Waals surface area contributed by atoms with E-state index >= 15 is 0 Å². The van der Waals surface area contributed by atoms with E-state index in [1.165, 1.54) is 99.6 Å². The molecule has 13 aromatic rings. The highest BCUT2D eigenvalue weighted by molar-refractivity contribution is 7.44. The summed E-state index contributed by atoms with van der Waals surface area (Å²) in [7, 11) is -2.91. The van der Waals surface area contributed by atoms with Gasteiger partial charge in [-0.25, -0.2) is 0 Å². The van der Waals surface area contributed by atoms with Gasteiger partial charge in [0, 0.05) is 58.5 Å². The third kappa shape index (κ3) is 5.06. The van der Waals surface area contributed by atoms with Gasteiger partial charge in [0.15, 0.2) is 8.07 Å². The Labute approximate surface area is 361 Å². The lowest BCUT2D eigenvalue weighted by Gasteiger charge is -2.35. The van der Waals surface area contributed by atoms with Crippen LogP contribution in [0.25, 0.3) is 84.6 Å². The van der Waals surface area contributed by atoms with Crippen molar-refractivity contribution in [3.8, 4) is 11.4 Å². The van der Waals surface area contributed by atoms with Crippen molar-refractivity contribution in [1.29, 1.82) is 0 Å². The summed E-state index contributed by atoms with van der Waals surface area (Å²) in [5, 5.41) is 14.6. The van der Waals surface area contributed by atoms with E-state index in [0.717, 1.165) is 5.69 Å². The maximum atomic E-state index is 2.56. The van der Waals surface area contributed by atoms with Crippen molar-refractivity contribution in [3.63, 3.8) is 0 Å². The summed E-state index contributed by atoms with van der Waals surface area (Å²) < 4.78 is 9.01. The van der Waals surface area contributed by atoms with Crippen molar-refractivity contribution < 1.29 is 0 Å². The van der Waals surface area contributed by atoms with E-state index in [0.29, 0.717) is 0 Å². The number of thiophene rings is 2. The monoisotopic (exact) mass is 828 g/mol. The number of fused-ring (bicyclic) bond motifs is 11. The first-order valence-electron chi connectivity index (χ1n) is 20.8. The first-order chi connectivity index (χ1) is 30.3. The summed E-state index contributed by atoms with van der Waals surface area (Å²) in [6, 6.07) is 82.0. The number of nitrogens with zero attached hydrogens (tertiary/aromatic N) is 2. The average molecular weight is 829 g/mol. The van der Waals surface area contributed by atoms with Crippen LogP contribution in [0.2, 0.25) is 0 Å². The van der Waals surface area contributed by atoms with Crippen LogP contribution in [-0.2, 0) is 0 Å². The van der Waals surface area contributed by atoms with Crippen molar-refractivity contribution in [2.75, 3.05) is 0 Å². The van der Waals surface area contributed by atoms with Gasteiger partial charge in [-0.15, -0.1) is 22.7 Å². The van der Waals surface area contributed by atoms with Crippen LogP contribution in [0.15, 0.2) is 218 Å². The smallest absolute Gasteiger partial charge is 0.179 e. The normalized spacial score (nSPS) is 12.3. The van der Waals surface area contributed by atoms with Crippen LogP contribution in [-0.4, -0.2) is 17.2 Å². The molecule has 0 fully saturated rings. The molecule has 0 aliphatic carbocycles. The lowest BCUT2D eigenvalue weighted by atomic mass is 10.1. The molecule has 9 aromatic carbocycles. The summed E-state index contributed by atoms with van der Waals surface area (Å²) in [5.41, 5.74) is 7.16. The molecule has 4 heterocycles. The topological polar surface area (TPSA) is 9.86 Å². The molecule has 0 atom stereocenters. The van der Waals surface area contributed by atoms with Gasteiger partial charge in [-0.05, 0) is 81.4 Å². The fourth-order valence-corrected chi connectivity index (χ4v) is 17.7. The predicted molar refractivity (Wildman–Crippen MR) is 267 cm³/mol. The molecule has 0 aliphatic rings. The van der Waals surface area contributed by atoms with Crippen molar-refractivity contribution in [3.05, 3.63) is 218 Å². The van der Waals surface area contributed by atoms with Crippen LogP contribution in [0.3, 0.4) is 0 Å². The predicted octanol–water partition coefficient (Wildman–Crippen LogP) is 12.8. The van der Waals surface area contributed by atoms with E-state index in [-0.39, 0.29) is 0 Å². The SMILES string of the molecule is c1ccc([Si](c2ccccc2)(c2cccc(-n3c4ccccc4c4cc(-n5c6ccccc6c6ccccc65)ccc43)c2)c2ccc3sc4sc5ccccc5c4c3c2)cc1. The van der Waals surface area contributed by atoms with Crippen LogP contribution in [0.5, 0.6) is 0 Å². The van der Waals surface area contributed by atoms with Crippen LogP contribution < -0.4 is 20.7 Å². The zero-order valence-electron chi connectivity index (χ0n) is 33.0. The van der Waals surface area contributed by atoms with Gasteiger partial charge >= 0.3 is 0 Å². The quantitative estimate of drug-likeness (QED) is 0.117. The molecule has 2 nitrogen and oxygen atoms in total. The van der Waals surface area contributed by atoms with E-state index in [9.17, 15) is 0 Å². The Kier molecular flexibility index (Phi) is 7.70. The highest BCUT2D eigenvalue weighted by atomic mass is 32.2. The van der Waals surface area contributed by atoms with E-state index in [2.05, 4.69) is 228 Å². The Morgan fingerprint density at radius 1 is 0.295 bits per heavy atom. The Morgan fingerprint density at radius 2 is 0.770 bits per heavy atom. The second-order valence-electron chi connectivity index (χ2n) is 16.0. The summed E-state index contributed by atoms with van der Waals surface area (Å²) >= 11 is 3.85. The first kappa shape index (κ1) is 34.8. The maximum absolute atomic E-state index is 2.91. The number of rotatable bonds is 6. The summed E-state index contributed by atoms with van der Waals surface area (Å²) in [6.07, 6.45) is 0. The Bertz CT molecular complexity index is 3740. The van der Waals surface area contributed by atoms with E-state index in [1.54, 1.807) is 0 Å². The molecule has 4 aromatic heterocycles. The number of hydrogen-bond acceptors (Lipinski definition) is 2. The Hall–Kier alpha value is -7.02. The van der Waals surface area contributed by atoms with Crippen LogP contribution in [0, 0.1) is 0 Å². The highest BCUT2D eigenvalue weighted by Gasteiger charge is 2.42. The molecule has 0 saturated heterocycles. The van der Waals surface area contributed by atoms with Gasteiger partial charge in [-0.2, -0.15) is 0 Å². The lowest BCUT2D eigenvalue weighted by molar-refractivity contribution is 1.17. The van der Waals surface area contributed by atoms with Crippen molar-refractivity contribution in [2.24, 2.45) is 0 Å². The van der Waals surface area contributed by atoms with Crippen LogP contribution >= 0.6 is 22.7 Å². The molecule has 0 N–H and O–H groups in total. The summed E-state index contributed by atoms with van der Waals surface area (Å²) in [5.74, 6) is 0. The minimum atomic E-state index is -2.91. The highest BCUT2D eigenvalue weighted by Crippen LogP contribution is 2.44. The molecule has 0 unspecified atom stereocenters. The maximum Gasteiger partial charge on any atom is 0.179 e. The molecule has 0 bridgehead atoms. The lowest BCUT2D eigenvalue weighted by Crippen LogP contribution is -2.74. The van der Waals surface area contributed by atoms with Crippen LogP contribution in [0.4, 0.5) is 0 Å². The van der Waals surface area contributed by atoms with Gasteiger partial charge in [0.25, 0.3) is 0 Å². The van der Waals surface area contributed by atoms with Crippen molar-refractivity contribution in [1.82, 2.24) is 9.13 Å². The van der Waals surface area contributed by atoms with Gasteiger partial charge in [0.05, 0.1) is 26.1 Å². The summed E-state index contributed by atoms with van der Waals surface area (Å²) in [4.78, 5) is 0. The van der Waals surface area contributed by atoms with E-state index in [1.807, 2.05) is 22.7 Å². The molecular formula is C56H36N2S2Si. The van der Waals surface area contributed by atoms with Crippen molar-refractivity contribution >= 4 is 125 Å². The zero-order chi connectivity index (χ0) is 40.1. The molecule has 0 amide bonds. The number of benzene rings is 9. The zero-order valence-corrected chi connectivity index (χ0v) is 35.6. The second-order valence-corrected chi connectivity index (χ2v) is 22.2. The number of aromatic nitrogens is 2. The number of hydrogen-bond donors (Lipinski definition) is 0. The fourth-order valence-electron chi connectivity index (χ4n) is 10.3. The number of para-hydroxylation sites is 3. The molecule has 0 spiro atoms. The first-order valence-corrected chi connectivity index (χ1v) is 24.5. The fraction of sp³-hybridized carbons (Fsp3) is 0. The third-order valence-electron chi connectivity index (χ3n) is 12.9. The summed E-state index contributed by atoms with van der Waals surface area (Å²) in [6.45, 7) is 0. The van der Waals surface area contributed by atoms with Crippen molar-refractivity contribution in [2.45, 2.75) is 0 Å². The van der Waals surface area contributed by atoms with E-state index in [4.69, 9.17) is 0 Å². The minimum Gasteiger partial charge on any atom is -0.309 e. The minimum absolute atomic E-state index is 1.16. The molecular weight excluding hydrogens is 793 g/mol. The van der Waals surface area contributed by atoms with Crippen LogP contribution in [0.1, 0.15) is 0 Å². The standard InChI is InChI=1S/C56H36N2S2Si/c1-3-17-39(18-4-1)61(40-19-5-2-6-20-40,42-31-33-54-48(36-42)55-46-25-10-14-29-53(46)59-56(55)60-54)41-21-15-16-37(34-41)57-51-28-13-9-24-45(51)47-35-38(30-32-52(47)57)58-49-26-11-7-22-43(49)44-23-8-12-27-50(44)58/h1-36H. The second kappa shape index (κ2) is 13.5. The Balaban J connectivity index is 1.07.